The molecule has 0 aromatic carbocycles. The Morgan fingerprint density at radius 2 is 1.79 bits per heavy atom. The van der Waals surface area contributed by atoms with E-state index >= 15 is 0 Å². The molecular formula is C16H31NO2. The maximum absolute atomic E-state index is 11.9. The second-order valence-corrected chi connectivity index (χ2v) is 6.46. The third kappa shape index (κ3) is 6.42. The Hall–Kier alpha value is -0.570. The number of hydrogen-bond acceptors (Lipinski definition) is 3. The van der Waals surface area contributed by atoms with Crippen LogP contribution in [0.2, 0.25) is 0 Å². The molecule has 1 fully saturated rings. The summed E-state index contributed by atoms with van der Waals surface area (Å²) in [5, 5.41) is 0. The lowest BCUT2D eigenvalue weighted by Crippen LogP contribution is -2.40. The van der Waals surface area contributed by atoms with Gasteiger partial charge in [-0.3, -0.25) is 4.79 Å². The Morgan fingerprint density at radius 3 is 2.32 bits per heavy atom. The van der Waals surface area contributed by atoms with Crippen LogP contribution in [-0.2, 0) is 9.53 Å². The fourth-order valence-electron chi connectivity index (χ4n) is 2.60. The van der Waals surface area contributed by atoms with Gasteiger partial charge in [-0.15, -0.1) is 0 Å². The van der Waals surface area contributed by atoms with E-state index < -0.39 is 0 Å². The average Bonchev–Trinajstić information content (AvgIpc) is 2.37. The molecular weight excluding hydrogens is 238 g/mol. The Balaban J connectivity index is 2.11. The molecule has 0 spiro atoms. The van der Waals surface area contributed by atoms with Gasteiger partial charge in [0.15, 0.2) is 0 Å². The van der Waals surface area contributed by atoms with E-state index in [-0.39, 0.29) is 11.9 Å². The van der Waals surface area contributed by atoms with Gasteiger partial charge in [0.1, 0.15) is 0 Å². The van der Waals surface area contributed by atoms with Crippen molar-refractivity contribution >= 4 is 5.97 Å². The van der Waals surface area contributed by atoms with Gasteiger partial charge in [-0.1, -0.05) is 20.3 Å². The van der Waals surface area contributed by atoms with Crippen molar-refractivity contribution in [3.63, 3.8) is 0 Å². The van der Waals surface area contributed by atoms with Gasteiger partial charge in [0.2, 0.25) is 0 Å². The maximum Gasteiger partial charge on any atom is 0.309 e. The second-order valence-electron chi connectivity index (χ2n) is 6.46. The zero-order valence-corrected chi connectivity index (χ0v) is 13.2. The summed E-state index contributed by atoms with van der Waals surface area (Å²) in [6.07, 6.45) is 5.32. The van der Waals surface area contributed by atoms with Crippen molar-refractivity contribution in [2.75, 3.05) is 19.7 Å². The van der Waals surface area contributed by atoms with Crippen molar-refractivity contribution < 1.29 is 9.53 Å². The van der Waals surface area contributed by atoms with Gasteiger partial charge >= 0.3 is 5.97 Å². The number of unbranched alkanes of at least 4 members (excludes halogenated alkanes) is 1. The van der Waals surface area contributed by atoms with Crippen LogP contribution in [0, 0.1) is 11.8 Å². The molecule has 3 nitrogen and oxygen atoms in total. The molecule has 1 rings (SSSR count). The topological polar surface area (TPSA) is 29.5 Å². The van der Waals surface area contributed by atoms with Crippen molar-refractivity contribution in [1.82, 2.24) is 4.90 Å². The zero-order valence-electron chi connectivity index (χ0n) is 13.2. The summed E-state index contributed by atoms with van der Waals surface area (Å²) in [5.41, 5.74) is 0. The summed E-state index contributed by atoms with van der Waals surface area (Å²) in [6, 6.07) is 0.591. The summed E-state index contributed by atoms with van der Waals surface area (Å²) in [4.78, 5) is 14.4. The molecule has 1 heterocycles. The Bertz CT molecular complexity index is 255. The number of esters is 1. The molecule has 0 aliphatic carbocycles. The highest BCUT2D eigenvalue weighted by Crippen LogP contribution is 2.20. The van der Waals surface area contributed by atoms with E-state index in [2.05, 4.69) is 32.6 Å². The lowest BCUT2D eigenvalue weighted by Gasteiger charge is -2.33. The van der Waals surface area contributed by atoms with E-state index in [9.17, 15) is 4.79 Å². The van der Waals surface area contributed by atoms with E-state index in [0.29, 0.717) is 12.6 Å². The van der Waals surface area contributed by atoms with Gasteiger partial charge in [-0.2, -0.15) is 0 Å². The van der Waals surface area contributed by atoms with Crippen molar-refractivity contribution in [3.05, 3.63) is 0 Å². The minimum atomic E-state index is 0.0351. The summed E-state index contributed by atoms with van der Waals surface area (Å²) >= 11 is 0. The number of carbonyl (C=O) groups excluding carboxylic acids is 1. The third-order valence-electron chi connectivity index (χ3n) is 4.01. The van der Waals surface area contributed by atoms with Crippen molar-refractivity contribution in [2.45, 2.75) is 65.8 Å². The fourth-order valence-corrected chi connectivity index (χ4v) is 2.60. The van der Waals surface area contributed by atoms with Gasteiger partial charge in [-0.05, 0) is 58.5 Å². The Labute approximate surface area is 118 Å². The molecule has 0 aromatic heterocycles. The first-order chi connectivity index (χ1) is 9.00. The number of carbonyl (C=O) groups is 1. The molecule has 0 bridgehead atoms. The molecule has 0 aromatic rings. The molecule has 1 saturated heterocycles. The van der Waals surface area contributed by atoms with Crippen LogP contribution in [0.1, 0.15) is 59.8 Å². The number of likely N-dealkylation sites (tertiary alicyclic amines) is 1. The van der Waals surface area contributed by atoms with E-state index in [1.165, 1.54) is 6.42 Å². The highest BCUT2D eigenvalue weighted by Gasteiger charge is 2.26. The fraction of sp³-hybridized carbons (Fsp3) is 0.938. The largest absolute Gasteiger partial charge is 0.465 e. The van der Waals surface area contributed by atoms with E-state index in [1.54, 1.807) is 0 Å². The summed E-state index contributed by atoms with van der Waals surface area (Å²) in [5.74, 6) is 0.920. The van der Waals surface area contributed by atoms with Gasteiger partial charge in [0.05, 0.1) is 12.5 Å². The van der Waals surface area contributed by atoms with Crippen molar-refractivity contribution in [1.29, 1.82) is 0 Å². The molecule has 1 aliphatic rings. The second kappa shape index (κ2) is 8.57. The van der Waals surface area contributed by atoms with E-state index in [4.69, 9.17) is 4.74 Å². The average molecular weight is 269 g/mol. The maximum atomic E-state index is 11.9. The molecule has 1 aliphatic heterocycles. The normalized spacial score (nSPS) is 18.2. The number of nitrogens with zero attached hydrogens (tertiary/aromatic N) is 1. The van der Waals surface area contributed by atoms with E-state index in [1.807, 2.05) is 0 Å². The van der Waals surface area contributed by atoms with Crippen LogP contribution in [0.15, 0.2) is 0 Å². The first-order valence-electron chi connectivity index (χ1n) is 7.91. The van der Waals surface area contributed by atoms with Gasteiger partial charge < -0.3 is 9.64 Å². The molecule has 0 saturated carbocycles. The molecule has 0 atom stereocenters. The SMILES string of the molecule is CC(C)CCCCOC(=O)C1CCN(C(C)C)CC1. The molecule has 19 heavy (non-hydrogen) atoms. The number of ether oxygens (including phenoxy) is 1. The van der Waals surface area contributed by atoms with Crippen LogP contribution < -0.4 is 0 Å². The highest BCUT2D eigenvalue weighted by molar-refractivity contribution is 5.72. The minimum absolute atomic E-state index is 0.0351. The molecule has 112 valence electrons. The van der Waals surface area contributed by atoms with Crippen molar-refractivity contribution in [2.24, 2.45) is 11.8 Å². The van der Waals surface area contributed by atoms with Crippen molar-refractivity contribution in [3.8, 4) is 0 Å². The van der Waals surface area contributed by atoms with Crippen LogP contribution in [0.4, 0.5) is 0 Å². The number of rotatable bonds is 7. The lowest BCUT2D eigenvalue weighted by atomic mass is 9.96. The molecule has 0 unspecified atom stereocenters. The standard InChI is InChI=1S/C16H31NO2/c1-13(2)7-5-6-12-19-16(18)15-8-10-17(11-9-15)14(3)4/h13-15H,5-12H2,1-4H3. The number of hydrogen-bond donors (Lipinski definition) is 0. The molecule has 3 heteroatoms. The molecule has 0 amide bonds. The predicted molar refractivity (Wildman–Crippen MR) is 79.1 cm³/mol. The Morgan fingerprint density at radius 1 is 1.16 bits per heavy atom. The first kappa shape index (κ1) is 16.5. The smallest absolute Gasteiger partial charge is 0.309 e. The summed E-state index contributed by atoms with van der Waals surface area (Å²) in [6.45, 7) is 11.6. The Kier molecular flexibility index (Phi) is 7.44. The van der Waals surface area contributed by atoms with Crippen LogP contribution in [0.25, 0.3) is 0 Å². The third-order valence-corrected chi connectivity index (χ3v) is 4.01. The predicted octanol–water partition coefficient (Wildman–Crippen LogP) is 3.48. The van der Waals surface area contributed by atoms with Crippen LogP contribution in [0.5, 0.6) is 0 Å². The monoisotopic (exact) mass is 269 g/mol. The van der Waals surface area contributed by atoms with Crippen LogP contribution in [-0.4, -0.2) is 36.6 Å². The minimum Gasteiger partial charge on any atom is -0.465 e. The summed E-state index contributed by atoms with van der Waals surface area (Å²) < 4.78 is 5.40. The first-order valence-corrected chi connectivity index (χ1v) is 7.91. The summed E-state index contributed by atoms with van der Waals surface area (Å²) in [7, 11) is 0. The van der Waals surface area contributed by atoms with Crippen LogP contribution in [0.3, 0.4) is 0 Å². The van der Waals surface area contributed by atoms with Gasteiger partial charge in [0.25, 0.3) is 0 Å². The molecule has 0 N–H and O–H groups in total. The zero-order chi connectivity index (χ0) is 14.3. The molecule has 0 radical (unpaired) electrons. The highest BCUT2D eigenvalue weighted by atomic mass is 16.5. The van der Waals surface area contributed by atoms with E-state index in [0.717, 1.165) is 44.7 Å². The van der Waals surface area contributed by atoms with Crippen LogP contribution >= 0.6 is 0 Å². The lowest BCUT2D eigenvalue weighted by molar-refractivity contribution is -0.150. The number of piperidine rings is 1. The van der Waals surface area contributed by atoms with Gasteiger partial charge in [-0.25, -0.2) is 0 Å². The van der Waals surface area contributed by atoms with Gasteiger partial charge in [0, 0.05) is 6.04 Å². The quantitative estimate of drug-likeness (QED) is 0.523.